The number of H-pyrrole nitrogens is 1. The molecule has 1 saturated heterocycles. The van der Waals surface area contributed by atoms with Crippen molar-refractivity contribution in [3.05, 3.63) is 42.5 Å². The number of hydrogen-bond acceptors (Lipinski definition) is 5. The van der Waals surface area contributed by atoms with Crippen LogP contribution in [-0.4, -0.2) is 43.2 Å². The molecule has 4 rings (SSSR count). The molecule has 0 amide bonds. The fourth-order valence-electron chi connectivity index (χ4n) is 2.69. The van der Waals surface area contributed by atoms with E-state index in [1.165, 1.54) is 0 Å². The van der Waals surface area contributed by atoms with Gasteiger partial charge in [0.05, 0.1) is 31.4 Å². The number of nitrogens with one attached hydrogen (secondary N) is 1. The van der Waals surface area contributed by atoms with E-state index in [1.54, 1.807) is 7.11 Å². The van der Waals surface area contributed by atoms with Crippen molar-refractivity contribution in [2.75, 3.05) is 26.9 Å². The number of benzene rings is 2. The summed E-state index contributed by atoms with van der Waals surface area (Å²) in [4.78, 5) is 7.93. The van der Waals surface area contributed by atoms with Crippen LogP contribution in [0, 0.1) is 0 Å². The molecule has 0 atom stereocenters. The van der Waals surface area contributed by atoms with Gasteiger partial charge in [-0.2, -0.15) is 0 Å². The van der Waals surface area contributed by atoms with Gasteiger partial charge in [0.2, 0.25) is 0 Å². The molecule has 1 aromatic heterocycles. The molecule has 0 spiro atoms. The summed E-state index contributed by atoms with van der Waals surface area (Å²) in [6, 6.07) is 13.7. The molecule has 2 aromatic carbocycles. The van der Waals surface area contributed by atoms with Crippen molar-refractivity contribution in [3.8, 4) is 22.9 Å². The van der Waals surface area contributed by atoms with Crippen LogP contribution in [0.1, 0.15) is 0 Å². The van der Waals surface area contributed by atoms with Crippen molar-refractivity contribution < 1.29 is 18.9 Å². The minimum atomic E-state index is -0.329. The average molecular weight is 326 g/mol. The highest BCUT2D eigenvalue weighted by Gasteiger charge is 2.18. The van der Waals surface area contributed by atoms with E-state index in [4.69, 9.17) is 18.9 Å². The molecule has 1 N–H and O–H groups in total. The van der Waals surface area contributed by atoms with E-state index >= 15 is 0 Å². The third-order valence-electron chi connectivity index (χ3n) is 3.89. The lowest BCUT2D eigenvalue weighted by molar-refractivity contribution is -0.0687. The van der Waals surface area contributed by atoms with Gasteiger partial charge in [0.1, 0.15) is 12.4 Å². The quantitative estimate of drug-likeness (QED) is 0.781. The molecule has 2 heterocycles. The van der Waals surface area contributed by atoms with Crippen molar-refractivity contribution in [2.24, 2.45) is 0 Å². The van der Waals surface area contributed by atoms with Crippen LogP contribution in [0.2, 0.25) is 0 Å². The molecule has 0 saturated carbocycles. The maximum Gasteiger partial charge on any atom is 0.191 e. The number of para-hydroxylation sites is 2. The van der Waals surface area contributed by atoms with Crippen LogP contribution in [0.3, 0.4) is 0 Å². The fraction of sp³-hybridized carbons (Fsp3) is 0.278. The van der Waals surface area contributed by atoms with Gasteiger partial charge in [-0.1, -0.05) is 12.1 Å². The lowest BCUT2D eigenvalue weighted by atomic mass is 10.2. The zero-order valence-electron chi connectivity index (χ0n) is 13.3. The predicted molar refractivity (Wildman–Crippen MR) is 89.3 cm³/mol. The van der Waals surface area contributed by atoms with Gasteiger partial charge in [0, 0.05) is 5.56 Å². The molecule has 6 nitrogen and oxygen atoms in total. The second-order valence-electron chi connectivity index (χ2n) is 5.45. The Labute approximate surface area is 139 Å². The Bertz CT molecular complexity index is 807. The van der Waals surface area contributed by atoms with Crippen molar-refractivity contribution >= 4 is 11.0 Å². The van der Waals surface area contributed by atoms with Crippen LogP contribution in [0.25, 0.3) is 22.4 Å². The molecular formula is C18H18N2O4. The van der Waals surface area contributed by atoms with E-state index in [1.807, 2.05) is 42.5 Å². The third kappa shape index (κ3) is 2.93. The molecule has 0 unspecified atom stereocenters. The minimum Gasteiger partial charge on any atom is -0.493 e. The lowest BCUT2D eigenvalue weighted by Crippen LogP contribution is -2.18. The largest absolute Gasteiger partial charge is 0.493 e. The van der Waals surface area contributed by atoms with Crippen LogP contribution in [0.4, 0.5) is 0 Å². The summed E-state index contributed by atoms with van der Waals surface area (Å²) >= 11 is 0. The van der Waals surface area contributed by atoms with Crippen LogP contribution in [0.5, 0.6) is 11.5 Å². The van der Waals surface area contributed by atoms with Gasteiger partial charge >= 0.3 is 0 Å². The topological polar surface area (TPSA) is 65.6 Å². The summed E-state index contributed by atoms with van der Waals surface area (Å²) in [5.74, 6) is 2.08. The van der Waals surface area contributed by atoms with E-state index in [2.05, 4.69) is 9.97 Å². The van der Waals surface area contributed by atoms with Crippen LogP contribution < -0.4 is 9.47 Å². The molecule has 1 aliphatic heterocycles. The van der Waals surface area contributed by atoms with Gasteiger partial charge in [-0.15, -0.1) is 0 Å². The van der Waals surface area contributed by atoms with Crippen LogP contribution in [0.15, 0.2) is 42.5 Å². The number of methoxy groups -OCH3 is 1. The summed E-state index contributed by atoms with van der Waals surface area (Å²) in [7, 11) is 1.62. The highest BCUT2D eigenvalue weighted by Crippen LogP contribution is 2.32. The van der Waals surface area contributed by atoms with Crippen molar-refractivity contribution in [2.45, 2.75) is 6.29 Å². The second-order valence-corrected chi connectivity index (χ2v) is 5.45. The first-order valence-electron chi connectivity index (χ1n) is 7.82. The number of nitrogens with zero attached hydrogens (tertiary/aromatic N) is 1. The molecule has 124 valence electrons. The Morgan fingerprint density at radius 2 is 1.96 bits per heavy atom. The Hall–Kier alpha value is -2.57. The van der Waals surface area contributed by atoms with E-state index in [0.717, 1.165) is 22.4 Å². The van der Waals surface area contributed by atoms with Crippen molar-refractivity contribution in [1.29, 1.82) is 0 Å². The molecule has 0 bridgehead atoms. The number of aromatic nitrogens is 2. The van der Waals surface area contributed by atoms with E-state index in [0.29, 0.717) is 31.3 Å². The van der Waals surface area contributed by atoms with E-state index < -0.39 is 0 Å². The number of aromatic amines is 1. The lowest BCUT2D eigenvalue weighted by Gasteiger charge is -2.14. The highest BCUT2D eigenvalue weighted by atomic mass is 16.7. The zero-order chi connectivity index (χ0) is 16.4. The number of fused-ring (bicyclic) bond motifs is 1. The maximum absolute atomic E-state index is 5.83. The summed E-state index contributed by atoms with van der Waals surface area (Å²) in [5.41, 5.74) is 2.85. The Balaban J connectivity index is 1.62. The molecule has 0 aliphatic carbocycles. The Morgan fingerprint density at radius 1 is 1.12 bits per heavy atom. The molecule has 1 fully saturated rings. The van der Waals surface area contributed by atoms with Gasteiger partial charge in [-0.05, 0) is 30.3 Å². The molecule has 6 heteroatoms. The fourth-order valence-corrected chi connectivity index (χ4v) is 2.69. The predicted octanol–water partition coefficient (Wildman–Crippen LogP) is 2.99. The standard InChI is InChI=1S/C18H18N2O4/c1-21-15-7-6-12(10-16(15)24-11-17-22-8-9-23-17)18-19-13-4-2-3-5-14(13)20-18/h2-7,10,17H,8-9,11H2,1H3,(H,19,20). The number of ether oxygens (including phenoxy) is 4. The highest BCUT2D eigenvalue weighted by molar-refractivity contribution is 5.79. The van der Waals surface area contributed by atoms with Crippen molar-refractivity contribution in [3.63, 3.8) is 0 Å². The summed E-state index contributed by atoms with van der Waals surface area (Å²) in [6.45, 7) is 1.52. The van der Waals surface area contributed by atoms with Gasteiger partial charge in [0.25, 0.3) is 0 Å². The van der Waals surface area contributed by atoms with E-state index in [9.17, 15) is 0 Å². The van der Waals surface area contributed by atoms with Crippen molar-refractivity contribution in [1.82, 2.24) is 9.97 Å². The number of imidazole rings is 1. The summed E-state index contributed by atoms with van der Waals surface area (Å²) in [6.07, 6.45) is -0.329. The average Bonchev–Trinajstić information content (AvgIpc) is 3.29. The molecule has 3 aromatic rings. The van der Waals surface area contributed by atoms with Gasteiger partial charge in [-0.3, -0.25) is 0 Å². The smallest absolute Gasteiger partial charge is 0.191 e. The molecule has 24 heavy (non-hydrogen) atoms. The SMILES string of the molecule is COc1ccc(-c2nc3ccccc3[nH]2)cc1OCC1OCCO1. The van der Waals surface area contributed by atoms with Crippen LogP contribution >= 0.6 is 0 Å². The normalized spacial score (nSPS) is 15.0. The number of rotatable bonds is 5. The van der Waals surface area contributed by atoms with E-state index in [-0.39, 0.29) is 6.29 Å². The third-order valence-corrected chi connectivity index (χ3v) is 3.89. The molecule has 0 radical (unpaired) electrons. The first-order valence-corrected chi connectivity index (χ1v) is 7.82. The molecule has 1 aliphatic rings. The first-order chi connectivity index (χ1) is 11.8. The zero-order valence-corrected chi connectivity index (χ0v) is 13.3. The van der Waals surface area contributed by atoms with Crippen LogP contribution in [-0.2, 0) is 9.47 Å². The van der Waals surface area contributed by atoms with Gasteiger partial charge < -0.3 is 23.9 Å². The maximum atomic E-state index is 5.83. The summed E-state index contributed by atoms with van der Waals surface area (Å²) in [5, 5.41) is 0. The first kappa shape index (κ1) is 15.0. The second kappa shape index (κ2) is 6.51. The Kier molecular flexibility index (Phi) is 4.06. The monoisotopic (exact) mass is 326 g/mol. The summed E-state index contributed by atoms with van der Waals surface area (Å²) < 4.78 is 22.0. The number of hydrogen-bond donors (Lipinski definition) is 1. The minimum absolute atomic E-state index is 0.319. The Morgan fingerprint density at radius 3 is 2.75 bits per heavy atom. The molecular weight excluding hydrogens is 308 g/mol. The van der Waals surface area contributed by atoms with Gasteiger partial charge in [-0.25, -0.2) is 4.98 Å². The van der Waals surface area contributed by atoms with Gasteiger partial charge in [0.15, 0.2) is 17.8 Å².